The number of allylic oxidation sites excluding steroid dienone is 4. The van der Waals surface area contributed by atoms with Crippen LogP contribution in [0.4, 0.5) is 0 Å². The van der Waals surface area contributed by atoms with Gasteiger partial charge in [0.05, 0.1) is 0 Å². The Labute approximate surface area is 111 Å². The molecule has 100 valence electrons. The highest BCUT2D eigenvalue weighted by Crippen LogP contribution is 2.30. The minimum Gasteiger partial charge on any atom is -0.299 e. The fraction of sp³-hybridized carbons (Fsp3) is 0.706. The lowest BCUT2D eigenvalue weighted by Crippen LogP contribution is -2.13. The maximum absolute atomic E-state index is 12.2. The lowest BCUT2D eigenvalue weighted by Gasteiger charge is -2.22. The molecule has 0 saturated heterocycles. The minimum absolute atomic E-state index is 0.426. The highest BCUT2D eigenvalue weighted by molar-refractivity contribution is 5.83. The first-order chi connectivity index (χ1) is 8.66. The Balaban J connectivity index is 1.88. The van der Waals surface area contributed by atoms with Crippen molar-refractivity contribution in [3.05, 3.63) is 23.3 Å². The third-order valence-electron chi connectivity index (χ3n) is 4.56. The van der Waals surface area contributed by atoms with E-state index in [1.165, 1.54) is 49.7 Å². The second-order valence-electron chi connectivity index (χ2n) is 6.11. The van der Waals surface area contributed by atoms with Crippen molar-refractivity contribution in [2.75, 3.05) is 0 Å². The molecule has 2 unspecified atom stereocenters. The Morgan fingerprint density at radius 2 is 1.44 bits per heavy atom. The van der Waals surface area contributed by atoms with Crippen LogP contribution in [-0.2, 0) is 4.79 Å². The van der Waals surface area contributed by atoms with Crippen molar-refractivity contribution in [1.29, 1.82) is 0 Å². The van der Waals surface area contributed by atoms with Crippen LogP contribution >= 0.6 is 0 Å². The average Bonchev–Trinajstić information content (AvgIpc) is 2.35. The Morgan fingerprint density at radius 1 is 1.00 bits per heavy atom. The van der Waals surface area contributed by atoms with Gasteiger partial charge in [-0.1, -0.05) is 37.1 Å². The van der Waals surface area contributed by atoms with E-state index in [9.17, 15) is 4.79 Å². The van der Waals surface area contributed by atoms with Crippen LogP contribution in [0.3, 0.4) is 0 Å². The van der Waals surface area contributed by atoms with Gasteiger partial charge in [-0.2, -0.15) is 0 Å². The van der Waals surface area contributed by atoms with Gasteiger partial charge in [-0.25, -0.2) is 0 Å². The molecule has 0 N–H and O–H groups in total. The van der Waals surface area contributed by atoms with Gasteiger partial charge in [0.1, 0.15) is 5.78 Å². The summed E-state index contributed by atoms with van der Waals surface area (Å²) >= 11 is 0. The molecule has 0 aromatic rings. The second kappa shape index (κ2) is 6.36. The summed E-state index contributed by atoms with van der Waals surface area (Å²) in [5, 5.41) is 0. The highest BCUT2D eigenvalue weighted by Gasteiger charge is 2.19. The van der Waals surface area contributed by atoms with Crippen LogP contribution in [0, 0.1) is 11.8 Å². The Bertz CT molecular complexity index is 328. The van der Waals surface area contributed by atoms with E-state index in [-0.39, 0.29) is 0 Å². The van der Waals surface area contributed by atoms with Crippen LogP contribution in [-0.4, -0.2) is 5.78 Å². The van der Waals surface area contributed by atoms with E-state index in [1.54, 1.807) is 0 Å². The van der Waals surface area contributed by atoms with Crippen LogP contribution in [0.1, 0.15) is 65.2 Å². The molecule has 2 aliphatic carbocycles. The molecular weight excluding hydrogens is 220 g/mol. The molecule has 0 aliphatic heterocycles. The third-order valence-corrected chi connectivity index (χ3v) is 4.56. The lowest BCUT2D eigenvalue weighted by molar-refractivity contribution is -0.118. The summed E-state index contributed by atoms with van der Waals surface area (Å²) in [6, 6.07) is 0. The zero-order chi connectivity index (χ0) is 13.0. The fourth-order valence-corrected chi connectivity index (χ4v) is 3.21. The monoisotopic (exact) mass is 246 g/mol. The van der Waals surface area contributed by atoms with E-state index in [0.717, 1.165) is 0 Å². The maximum atomic E-state index is 12.2. The van der Waals surface area contributed by atoms with Crippen molar-refractivity contribution in [2.45, 2.75) is 65.2 Å². The Kier molecular flexibility index (Phi) is 4.79. The van der Waals surface area contributed by atoms with Crippen molar-refractivity contribution in [3.8, 4) is 0 Å². The van der Waals surface area contributed by atoms with E-state index in [0.29, 0.717) is 30.5 Å². The van der Waals surface area contributed by atoms with Crippen molar-refractivity contribution in [2.24, 2.45) is 11.8 Å². The molecule has 2 atom stereocenters. The van der Waals surface area contributed by atoms with Crippen molar-refractivity contribution >= 4 is 5.78 Å². The molecule has 0 amide bonds. The van der Waals surface area contributed by atoms with Crippen molar-refractivity contribution < 1.29 is 4.79 Å². The molecule has 0 bridgehead atoms. The van der Waals surface area contributed by atoms with Crippen LogP contribution in [0.25, 0.3) is 0 Å². The molecule has 0 aromatic heterocycles. The van der Waals surface area contributed by atoms with Gasteiger partial charge in [-0.05, 0) is 50.4 Å². The first-order valence-electron chi connectivity index (χ1n) is 7.56. The van der Waals surface area contributed by atoms with Gasteiger partial charge in [0.2, 0.25) is 0 Å². The molecule has 0 aromatic carbocycles. The number of carbonyl (C=O) groups excluding carboxylic acids is 1. The molecule has 0 spiro atoms. The van der Waals surface area contributed by atoms with Crippen LogP contribution in [0.2, 0.25) is 0 Å². The molecular formula is C17H26O. The average molecular weight is 246 g/mol. The van der Waals surface area contributed by atoms with E-state index < -0.39 is 0 Å². The van der Waals surface area contributed by atoms with Gasteiger partial charge in [-0.3, -0.25) is 4.79 Å². The van der Waals surface area contributed by atoms with Gasteiger partial charge in [0.25, 0.3) is 0 Å². The number of rotatable bonds is 4. The molecule has 2 aliphatic rings. The number of hydrogen-bond acceptors (Lipinski definition) is 1. The van der Waals surface area contributed by atoms with E-state index in [1.807, 2.05) is 0 Å². The lowest BCUT2D eigenvalue weighted by atomic mass is 9.83. The molecule has 0 radical (unpaired) electrons. The molecule has 18 heavy (non-hydrogen) atoms. The largest absolute Gasteiger partial charge is 0.299 e. The van der Waals surface area contributed by atoms with Crippen molar-refractivity contribution in [1.82, 2.24) is 0 Å². The maximum Gasteiger partial charge on any atom is 0.140 e. The quantitative estimate of drug-likeness (QED) is 0.649. The summed E-state index contributed by atoms with van der Waals surface area (Å²) in [4.78, 5) is 12.2. The zero-order valence-electron chi connectivity index (χ0n) is 11.9. The van der Waals surface area contributed by atoms with Crippen LogP contribution < -0.4 is 0 Å². The zero-order valence-corrected chi connectivity index (χ0v) is 11.9. The number of carbonyl (C=O) groups is 1. The first kappa shape index (κ1) is 13.6. The molecule has 0 saturated carbocycles. The minimum atomic E-state index is 0.426. The highest BCUT2D eigenvalue weighted by atomic mass is 16.1. The topological polar surface area (TPSA) is 17.1 Å². The summed E-state index contributed by atoms with van der Waals surface area (Å²) in [6.45, 7) is 4.53. The molecule has 0 fully saturated rings. The second-order valence-corrected chi connectivity index (χ2v) is 6.11. The van der Waals surface area contributed by atoms with Crippen LogP contribution in [0.15, 0.2) is 23.3 Å². The Morgan fingerprint density at radius 3 is 1.83 bits per heavy atom. The predicted octanol–water partition coefficient (Wildman–Crippen LogP) is 4.83. The molecule has 1 nitrogen and oxygen atoms in total. The van der Waals surface area contributed by atoms with Crippen molar-refractivity contribution in [3.63, 3.8) is 0 Å². The first-order valence-corrected chi connectivity index (χ1v) is 7.56. The van der Waals surface area contributed by atoms with E-state index in [2.05, 4.69) is 26.0 Å². The van der Waals surface area contributed by atoms with E-state index >= 15 is 0 Å². The third kappa shape index (κ3) is 3.57. The standard InChI is InChI=1S/C17H26O/c1-13-7-3-5-9-15(13)11-17(18)12-16-10-6-4-8-14(16)2/h9-10,13-14H,3-8,11-12H2,1-2H3. The number of hydrogen-bond donors (Lipinski definition) is 0. The fourth-order valence-electron chi connectivity index (χ4n) is 3.21. The van der Waals surface area contributed by atoms with Gasteiger partial charge in [-0.15, -0.1) is 0 Å². The van der Waals surface area contributed by atoms with Crippen LogP contribution in [0.5, 0.6) is 0 Å². The number of ketones is 1. The van der Waals surface area contributed by atoms with Gasteiger partial charge in [0.15, 0.2) is 0 Å². The van der Waals surface area contributed by atoms with Gasteiger partial charge >= 0.3 is 0 Å². The summed E-state index contributed by atoms with van der Waals surface area (Å²) in [5.74, 6) is 1.68. The number of Topliss-reactive ketones (excluding diaryl/α,β-unsaturated/α-hetero) is 1. The summed E-state index contributed by atoms with van der Waals surface area (Å²) in [5.41, 5.74) is 2.80. The SMILES string of the molecule is CC1CCCC=C1CC(=O)CC1=CCCCC1C. The predicted molar refractivity (Wildman–Crippen MR) is 76.4 cm³/mol. The van der Waals surface area contributed by atoms with Gasteiger partial charge in [0, 0.05) is 12.8 Å². The van der Waals surface area contributed by atoms with E-state index in [4.69, 9.17) is 0 Å². The normalized spacial score (nSPS) is 28.6. The van der Waals surface area contributed by atoms with Gasteiger partial charge < -0.3 is 0 Å². The summed E-state index contributed by atoms with van der Waals surface area (Å²) in [7, 11) is 0. The molecule has 0 heterocycles. The molecule has 1 heteroatoms. The summed E-state index contributed by atoms with van der Waals surface area (Å²) in [6.07, 6.45) is 13.5. The Hall–Kier alpha value is -0.850. The smallest absolute Gasteiger partial charge is 0.140 e. The summed E-state index contributed by atoms with van der Waals surface area (Å²) < 4.78 is 0. The molecule has 2 rings (SSSR count).